The second-order valence-corrected chi connectivity index (χ2v) is 7.15. The van der Waals surface area contributed by atoms with Gasteiger partial charge >= 0.3 is 0 Å². The van der Waals surface area contributed by atoms with Crippen molar-refractivity contribution in [2.45, 2.75) is 31.5 Å². The first-order chi connectivity index (χ1) is 13.7. The van der Waals surface area contributed by atoms with Gasteiger partial charge in [0.1, 0.15) is 23.6 Å². The zero-order chi connectivity index (χ0) is 21.1. The summed E-state index contributed by atoms with van der Waals surface area (Å²) >= 11 is 5.74. The van der Waals surface area contributed by atoms with E-state index in [4.69, 9.17) is 11.6 Å². The number of benzene rings is 2. The van der Waals surface area contributed by atoms with Gasteiger partial charge in [0.15, 0.2) is 0 Å². The second-order valence-electron chi connectivity index (χ2n) is 6.71. The lowest BCUT2D eigenvalue weighted by atomic mass is 10.0. The number of hydrogen-bond acceptors (Lipinski definition) is 2. The van der Waals surface area contributed by atoms with Gasteiger partial charge in [0.2, 0.25) is 0 Å². The van der Waals surface area contributed by atoms with Gasteiger partial charge in [-0.05, 0) is 54.3 Å². The van der Waals surface area contributed by atoms with E-state index >= 15 is 0 Å². The zero-order valence-corrected chi connectivity index (χ0v) is 16.0. The first kappa shape index (κ1) is 21.0. The molecule has 0 fully saturated rings. The molecule has 0 aromatic heterocycles. The molecule has 0 spiro atoms. The van der Waals surface area contributed by atoms with Crippen LogP contribution in [0.15, 0.2) is 53.7 Å². The fourth-order valence-corrected chi connectivity index (χ4v) is 3.38. The van der Waals surface area contributed by atoms with E-state index in [1.165, 1.54) is 12.3 Å². The number of carbonyl (C=O) groups is 1. The number of hydrogen-bond donors (Lipinski definition) is 0. The first-order valence-electron chi connectivity index (χ1n) is 8.84. The van der Waals surface area contributed by atoms with E-state index in [-0.39, 0.29) is 41.0 Å². The largest absolute Gasteiger partial charge is 0.269 e. The fraction of sp³-hybridized carbons (Fsp3) is 0.238. The molecule has 2 aromatic rings. The molecule has 3 nitrogen and oxygen atoms in total. The maximum Gasteiger partial charge on any atom is 0.269 e. The van der Waals surface area contributed by atoms with Crippen molar-refractivity contribution in [3.63, 3.8) is 0 Å². The van der Waals surface area contributed by atoms with Crippen LogP contribution in [-0.2, 0) is 4.79 Å². The number of amides is 1. The first-order valence-corrected chi connectivity index (χ1v) is 9.22. The maximum atomic E-state index is 14.4. The highest BCUT2D eigenvalue weighted by atomic mass is 35.5. The Morgan fingerprint density at radius 1 is 1.14 bits per heavy atom. The molecule has 1 aliphatic rings. The van der Waals surface area contributed by atoms with Crippen LogP contribution in [0.4, 0.5) is 17.6 Å². The van der Waals surface area contributed by atoms with Gasteiger partial charge in [-0.1, -0.05) is 18.2 Å². The molecule has 0 saturated heterocycles. The van der Waals surface area contributed by atoms with Crippen LogP contribution < -0.4 is 0 Å². The molecule has 1 aliphatic heterocycles. The Morgan fingerprint density at radius 3 is 2.45 bits per heavy atom. The van der Waals surface area contributed by atoms with E-state index in [2.05, 4.69) is 11.7 Å². The standard InChI is InChI=1S/C21H17ClF4N2O/c1-12(2-3-19(26)13-6-15(22)10-16(23)7-13)21(29)28-20(4-5-27-28)14-8-17(24)11-18(25)9-14/h5-11,19-20H,1-4H2. The minimum Gasteiger partial charge on any atom is -0.268 e. The molecule has 8 heteroatoms. The smallest absolute Gasteiger partial charge is 0.268 e. The summed E-state index contributed by atoms with van der Waals surface area (Å²) in [6.07, 6.45) is 0.0924. The summed E-state index contributed by atoms with van der Waals surface area (Å²) in [5, 5.41) is 5.14. The van der Waals surface area contributed by atoms with Crippen molar-refractivity contribution in [3.05, 3.63) is 82.2 Å². The van der Waals surface area contributed by atoms with Crippen LogP contribution in [0.25, 0.3) is 0 Å². The van der Waals surface area contributed by atoms with Crippen LogP contribution in [0.3, 0.4) is 0 Å². The number of hydrazone groups is 1. The molecule has 1 amide bonds. The molecule has 2 atom stereocenters. The Labute approximate surface area is 170 Å². The van der Waals surface area contributed by atoms with Crippen LogP contribution in [0.5, 0.6) is 0 Å². The number of nitrogens with zero attached hydrogens (tertiary/aromatic N) is 2. The third kappa shape index (κ3) is 5.03. The molecule has 0 bridgehead atoms. The lowest BCUT2D eigenvalue weighted by molar-refractivity contribution is -0.129. The Hall–Kier alpha value is -2.67. The lowest BCUT2D eigenvalue weighted by Crippen LogP contribution is -2.28. The van der Waals surface area contributed by atoms with Crippen molar-refractivity contribution >= 4 is 23.7 Å². The average molecular weight is 425 g/mol. The summed E-state index contributed by atoms with van der Waals surface area (Å²) in [6, 6.07) is 5.77. The molecule has 0 saturated carbocycles. The van der Waals surface area contributed by atoms with Gasteiger partial charge in [0.25, 0.3) is 5.91 Å². The van der Waals surface area contributed by atoms with Crippen LogP contribution in [0, 0.1) is 17.5 Å². The third-order valence-corrected chi connectivity index (χ3v) is 4.77. The summed E-state index contributed by atoms with van der Waals surface area (Å²) in [4.78, 5) is 12.7. The molecule has 0 radical (unpaired) electrons. The minimum absolute atomic E-state index is 0.00954. The quantitative estimate of drug-likeness (QED) is 0.409. The molecule has 1 heterocycles. The lowest BCUT2D eigenvalue weighted by Gasteiger charge is -2.23. The summed E-state index contributed by atoms with van der Waals surface area (Å²) in [5.74, 6) is -2.74. The summed E-state index contributed by atoms with van der Waals surface area (Å²) < 4.78 is 54.8. The monoisotopic (exact) mass is 424 g/mol. The molecule has 2 unspecified atom stereocenters. The number of alkyl halides is 1. The van der Waals surface area contributed by atoms with E-state index in [0.717, 1.165) is 35.3 Å². The maximum absolute atomic E-state index is 14.4. The predicted octanol–water partition coefficient (Wildman–Crippen LogP) is 6.06. The highest BCUT2D eigenvalue weighted by Crippen LogP contribution is 2.32. The molecular formula is C21H17ClF4N2O. The van der Waals surface area contributed by atoms with E-state index in [0.29, 0.717) is 0 Å². The minimum atomic E-state index is -1.54. The van der Waals surface area contributed by atoms with Crippen molar-refractivity contribution in [2.75, 3.05) is 0 Å². The SMILES string of the molecule is C=C(CCC(F)c1cc(F)cc(Cl)c1)C(=O)N1N=CCC1c1cc(F)cc(F)c1. The van der Waals surface area contributed by atoms with E-state index < -0.39 is 35.6 Å². The molecule has 3 rings (SSSR count). The van der Waals surface area contributed by atoms with Gasteiger partial charge in [-0.2, -0.15) is 5.10 Å². The molecule has 29 heavy (non-hydrogen) atoms. The fourth-order valence-electron chi connectivity index (χ4n) is 3.15. The molecule has 2 aromatic carbocycles. The molecule has 0 N–H and O–H groups in total. The Balaban J connectivity index is 1.66. The van der Waals surface area contributed by atoms with Gasteiger partial charge in [0, 0.05) is 29.3 Å². The number of carbonyl (C=O) groups excluding carboxylic acids is 1. The van der Waals surface area contributed by atoms with Crippen LogP contribution >= 0.6 is 11.6 Å². The van der Waals surface area contributed by atoms with Gasteiger partial charge in [-0.15, -0.1) is 0 Å². The number of rotatable bonds is 6. The van der Waals surface area contributed by atoms with E-state index in [9.17, 15) is 22.4 Å². The average Bonchev–Trinajstić information content (AvgIpc) is 3.13. The van der Waals surface area contributed by atoms with E-state index in [1.54, 1.807) is 0 Å². The van der Waals surface area contributed by atoms with Gasteiger partial charge in [-0.3, -0.25) is 4.79 Å². The normalized spacial score (nSPS) is 16.9. The predicted molar refractivity (Wildman–Crippen MR) is 103 cm³/mol. The zero-order valence-electron chi connectivity index (χ0n) is 15.2. The molecular weight excluding hydrogens is 408 g/mol. The topological polar surface area (TPSA) is 32.7 Å². The van der Waals surface area contributed by atoms with Crippen molar-refractivity contribution in [1.82, 2.24) is 5.01 Å². The van der Waals surface area contributed by atoms with Crippen LogP contribution in [0.1, 0.15) is 42.6 Å². The molecule has 152 valence electrons. The van der Waals surface area contributed by atoms with Crippen LogP contribution in [-0.4, -0.2) is 17.1 Å². The van der Waals surface area contributed by atoms with Gasteiger partial charge in [-0.25, -0.2) is 22.6 Å². The summed E-state index contributed by atoms with van der Waals surface area (Å²) in [5.41, 5.74) is 0.414. The van der Waals surface area contributed by atoms with Crippen molar-refractivity contribution in [3.8, 4) is 0 Å². The number of halogens is 5. The summed E-state index contributed by atoms with van der Waals surface area (Å²) in [6.45, 7) is 3.68. The molecule has 0 aliphatic carbocycles. The van der Waals surface area contributed by atoms with Gasteiger partial charge < -0.3 is 0 Å². The summed E-state index contributed by atoms with van der Waals surface area (Å²) in [7, 11) is 0. The highest BCUT2D eigenvalue weighted by molar-refractivity contribution is 6.30. The Bertz CT molecular complexity index is 939. The van der Waals surface area contributed by atoms with Gasteiger partial charge in [0.05, 0.1) is 6.04 Å². The van der Waals surface area contributed by atoms with E-state index in [1.807, 2.05) is 0 Å². The Morgan fingerprint density at radius 2 is 1.79 bits per heavy atom. The second kappa shape index (κ2) is 8.78. The third-order valence-electron chi connectivity index (χ3n) is 4.56. The van der Waals surface area contributed by atoms with Crippen molar-refractivity contribution in [2.24, 2.45) is 5.10 Å². The Kier molecular flexibility index (Phi) is 6.37. The van der Waals surface area contributed by atoms with Crippen molar-refractivity contribution in [1.29, 1.82) is 0 Å². The van der Waals surface area contributed by atoms with Crippen molar-refractivity contribution < 1.29 is 22.4 Å². The highest BCUT2D eigenvalue weighted by Gasteiger charge is 2.30. The van der Waals surface area contributed by atoms with Crippen LogP contribution in [0.2, 0.25) is 5.02 Å².